The smallest absolute Gasteiger partial charge is 0.293 e. The van der Waals surface area contributed by atoms with Crippen molar-refractivity contribution in [1.82, 2.24) is 0 Å². The molecule has 24 heavy (non-hydrogen) atoms. The van der Waals surface area contributed by atoms with Crippen LogP contribution in [0, 0.1) is 11.3 Å². The molecule has 4 heteroatoms. The van der Waals surface area contributed by atoms with Gasteiger partial charge in [-0.3, -0.25) is 4.89 Å². The predicted octanol–water partition coefficient (Wildman–Crippen LogP) is 4.63. The van der Waals surface area contributed by atoms with Gasteiger partial charge in [0, 0.05) is 0 Å². The maximum atomic E-state index is 12.2. The standard InChI is InChI=1S/C20H30O3Si/c1-7-24(5,6)18-10-8-16(9-11-18)19(21)23-22-17-12-15(2)13-20(3,4)14-17/h7-11,15,17H,1,12-14H2,2-6H3. The lowest BCUT2D eigenvalue weighted by molar-refractivity contribution is -0.287. The Morgan fingerprint density at radius 3 is 2.42 bits per heavy atom. The quantitative estimate of drug-likeness (QED) is 0.443. The van der Waals surface area contributed by atoms with E-state index in [-0.39, 0.29) is 11.5 Å². The highest BCUT2D eigenvalue weighted by Gasteiger charge is 2.34. The van der Waals surface area contributed by atoms with Crippen molar-refractivity contribution >= 4 is 19.2 Å². The largest absolute Gasteiger partial charge is 0.373 e. The van der Waals surface area contributed by atoms with Crippen molar-refractivity contribution in [3.8, 4) is 0 Å². The molecule has 1 aliphatic carbocycles. The van der Waals surface area contributed by atoms with Gasteiger partial charge in [-0.1, -0.05) is 56.9 Å². The van der Waals surface area contributed by atoms with Crippen molar-refractivity contribution in [2.75, 3.05) is 0 Å². The van der Waals surface area contributed by atoms with E-state index in [0.717, 1.165) is 12.8 Å². The topological polar surface area (TPSA) is 35.5 Å². The molecule has 0 aromatic heterocycles. The molecule has 0 aliphatic heterocycles. The Morgan fingerprint density at radius 1 is 1.25 bits per heavy atom. The number of hydrogen-bond donors (Lipinski definition) is 0. The fourth-order valence-corrected chi connectivity index (χ4v) is 4.91. The molecule has 2 unspecified atom stereocenters. The molecule has 1 aliphatic rings. The van der Waals surface area contributed by atoms with E-state index in [2.05, 4.69) is 40.4 Å². The maximum absolute atomic E-state index is 12.2. The number of hydrogen-bond acceptors (Lipinski definition) is 3. The van der Waals surface area contributed by atoms with Gasteiger partial charge < -0.3 is 0 Å². The third kappa shape index (κ3) is 4.80. The molecule has 0 N–H and O–H groups in total. The lowest BCUT2D eigenvalue weighted by Gasteiger charge is -2.37. The Kier molecular flexibility index (Phi) is 5.71. The summed E-state index contributed by atoms with van der Waals surface area (Å²) in [7, 11) is -1.60. The molecule has 0 radical (unpaired) electrons. The first kappa shape index (κ1) is 18.9. The van der Waals surface area contributed by atoms with E-state index < -0.39 is 14.0 Å². The summed E-state index contributed by atoms with van der Waals surface area (Å²) in [6, 6.07) is 7.62. The number of rotatable bonds is 5. The third-order valence-corrected chi connectivity index (χ3v) is 7.82. The maximum Gasteiger partial charge on any atom is 0.373 e. The van der Waals surface area contributed by atoms with Gasteiger partial charge in [0.25, 0.3) is 0 Å². The van der Waals surface area contributed by atoms with Gasteiger partial charge in [-0.2, -0.15) is 4.89 Å². The molecular formula is C20H30O3Si. The van der Waals surface area contributed by atoms with Crippen LogP contribution in [0.25, 0.3) is 0 Å². The molecule has 1 aromatic carbocycles. The van der Waals surface area contributed by atoms with Gasteiger partial charge in [0.2, 0.25) is 0 Å². The summed E-state index contributed by atoms with van der Waals surface area (Å²) < 4.78 is 0. The van der Waals surface area contributed by atoms with Crippen LogP contribution in [0.5, 0.6) is 0 Å². The second-order valence-electron chi connectivity index (χ2n) is 8.51. The molecule has 0 amide bonds. The Hall–Kier alpha value is -1.39. The van der Waals surface area contributed by atoms with Crippen molar-refractivity contribution in [3.05, 3.63) is 42.1 Å². The van der Waals surface area contributed by atoms with Crippen LogP contribution in [0.1, 0.15) is 50.4 Å². The Labute approximate surface area is 147 Å². The lowest BCUT2D eigenvalue weighted by atomic mass is 9.71. The van der Waals surface area contributed by atoms with Gasteiger partial charge in [0.15, 0.2) is 0 Å². The van der Waals surface area contributed by atoms with Crippen molar-refractivity contribution in [2.45, 2.75) is 59.2 Å². The summed E-state index contributed by atoms with van der Waals surface area (Å²) in [4.78, 5) is 22.8. The second kappa shape index (κ2) is 7.24. The molecule has 1 aromatic rings. The Morgan fingerprint density at radius 2 is 1.88 bits per heavy atom. The Bertz CT molecular complexity index is 589. The Balaban J connectivity index is 1.94. The number of carbonyl (C=O) groups excluding carboxylic acids is 1. The van der Waals surface area contributed by atoms with Gasteiger partial charge >= 0.3 is 5.97 Å². The van der Waals surface area contributed by atoms with Gasteiger partial charge in [0.05, 0.1) is 5.56 Å². The van der Waals surface area contributed by atoms with Gasteiger partial charge in [-0.25, -0.2) is 4.79 Å². The highest BCUT2D eigenvalue weighted by Crippen LogP contribution is 2.39. The van der Waals surface area contributed by atoms with E-state index in [1.165, 1.54) is 11.6 Å². The molecule has 3 nitrogen and oxygen atoms in total. The summed E-state index contributed by atoms with van der Waals surface area (Å²) in [6.07, 6.45) is 3.03. The van der Waals surface area contributed by atoms with Crippen molar-refractivity contribution in [1.29, 1.82) is 0 Å². The van der Waals surface area contributed by atoms with Crippen LogP contribution in [0.2, 0.25) is 13.1 Å². The molecule has 2 rings (SSSR count). The summed E-state index contributed by atoms with van der Waals surface area (Å²) in [5.41, 5.74) is 2.79. The first-order valence-electron chi connectivity index (χ1n) is 8.75. The van der Waals surface area contributed by atoms with Crippen LogP contribution in [-0.4, -0.2) is 20.1 Å². The molecule has 2 atom stereocenters. The average molecular weight is 347 g/mol. The fourth-order valence-electron chi connectivity index (χ4n) is 3.65. The normalized spacial score (nSPS) is 23.5. The minimum absolute atomic E-state index is 0.0147. The van der Waals surface area contributed by atoms with Crippen LogP contribution < -0.4 is 5.19 Å². The number of benzene rings is 1. The average Bonchev–Trinajstić information content (AvgIpc) is 2.51. The van der Waals surface area contributed by atoms with Crippen LogP contribution in [0.3, 0.4) is 0 Å². The van der Waals surface area contributed by atoms with E-state index in [1.54, 1.807) is 0 Å². The first-order chi connectivity index (χ1) is 11.1. The highest BCUT2D eigenvalue weighted by atomic mass is 28.3. The third-order valence-electron chi connectivity index (χ3n) is 4.98. The minimum Gasteiger partial charge on any atom is -0.293 e. The van der Waals surface area contributed by atoms with Gasteiger partial charge in [-0.05, 0) is 42.7 Å². The number of carbonyl (C=O) groups is 1. The zero-order chi connectivity index (χ0) is 18.0. The van der Waals surface area contributed by atoms with E-state index in [1.807, 2.05) is 30.0 Å². The molecular weight excluding hydrogens is 316 g/mol. The van der Waals surface area contributed by atoms with Crippen LogP contribution in [-0.2, 0) is 9.78 Å². The minimum atomic E-state index is -1.60. The lowest BCUT2D eigenvalue weighted by Crippen LogP contribution is -2.39. The highest BCUT2D eigenvalue weighted by molar-refractivity contribution is 6.93. The molecule has 1 fully saturated rings. The monoisotopic (exact) mass is 346 g/mol. The van der Waals surface area contributed by atoms with Crippen LogP contribution in [0.4, 0.5) is 0 Å². The first-order valence-corrected chi connectivity index (χ1v) is 11.8. The van der Waals surface area contributed by atoms with Crippen LogP contribution in [0.15, 0.2) is 36.5 Å². The predicted molar refractivity (Wildman–Crippen MR) is 101 cm³/mol. The van der Waals surface area contributed by atoms with E-state index >= 15 is 0 Å². The zero-order valence-electron chi connectivity index (χ0n) is 15.6. The summed E-state index contributed by atoms with van der Waals surface area (Å²) in [5, 5.41) is 1.25. The van der Waals surface area contributed by atoms with Crippen molar-refractivity contribution in [3.63, 3.8) is 0 Å². The molecule has 0 bridgehead atoms. The van der Waals surface area contributed by atoms with Gasteiger partial charge in [0.1, 0.15) is 14.2 Å². The molecule has 132 valence electrons. The summed E-state index contributed by atoms with van der Waals surface area (Å²) in [6.45, 7) is 15.1. The van der Waals surface area contributed by atoms with Gasteiger partial charge in [-0.15, -0.1) is 6.58 Å². The molecule has 1 saturated carbocycles. The van der Waals surface area contributed by atoms with Crippen LogP contribution >= 0.6 is 0 Å². The molecule has 0 spiro atoms. The van der Waals surface area contributed by atoms with E-state index in [4.69, 9.17) is 9.78 Å². The second-order valence-corrected chi connectivity index (χ2v) is 12.9. The van der Waals surface area contributed by atoms with E-state index in [9.17, 15) is 4.79 Å². The summed E-state index contributed by atoms with van der Waals surface area (Å²) in [5.74, 6) is 0.165. The van der Waals surface area contributed by atoms with Crippen molar-refractivity contribution in [2.24, 2.45) is 11.3 Å². The van der Waals surface area contributed by atoms with Crippen molar-refractivity contribution < 1.29 is 14.6 Å². The molecule has 0 heterocycles. The molecule has 0 saturated heterocycles. The van der Waals surface area contributed by atoms with E-state index in [0.29, 0.717) is 11.5 Å². The summed E-state index contributed by atoms with van der Waals surface area (Å²) >= 11 is 0. The zero-order valence-corrected chi connectivity index (χ0v) is 16.6. The SMILES string of the molecule is C=C[Si](C)(C)c1ccc(C(=O)OOC2CC(C)CC(C)(C)C2)cc1. The fraction of sp³-hybridized carbons (Fsp3) is 0.550.